The number of hydrogen-bond donors (Lipinski definition) is 0. The SMILES string of the molecule is C=CCSc1nnc2c(n1)O[C@H](c1ccc(OCC)c(OC)c1)N(C(C)=O)c1ccccc1-2. The van der Waals surface area contributed by atoms with E-state index < -0.39 is 6.23 Å². The molecule has 33 heavy (non-hydrogen) atoms. The largest absolute Gasteiger partial charge is 0.493 e. The summed E-state index contributed by atoms with van der Waals surface area (Å²) in [6.07, 6.45) is 0.964. The van der Waals surface area contributed by atoms with Crippen LogP contribution in [-0.4, -0.2) is 40.6 Å². The summed E-state index contributed by atoms with van der Waals surface area (Å²) in [6.45, 7) is 7.64. The third-order valence-electron chi connectivity index (χ3n) is 4.95. The van der Waals surface area contributed by atoms with E-state index in [1.165, 1.54) is 18.7 Å². The van der Waals surface area contributed by atoms with Gasteiger partial charge in [0, 0.05) is 23.8 Å². The summed E-state index contributed by atoms with van der Waals surface area (Å²) < 4.78 is 17.5. The van der Waals surface area contributed by atoms with Crippen LogP contribution < -0.4 is 19.1 Å². The zero-order valence-electron chi connectivity index (χ0n) is 18.6. The van der Waals surface area contributed by atoms with Gasteiger partial charge in [-0.05, 0) is 31.2 Å². The van der Waals surface area contributed by atoms with E-state index in [0.29, 0.717) is 57.4 Å². The Bertz CT molecular complexity index is 1190. The minimum atomic E-state index is -0.802. The second kappa shape index (κ2) is 9.91. The van der Waals surface area contributed by atoms with Crippen LogP contribution in [0.3, 0.4) is 0 Å². The van der Waals surface area contributed by atoms with Crippen LogP contribution in [0.15, 0.2) is 60.3 Å². The lowest BCUT2D eigenvalue weighted by Gasteiger charge is -2.30. The van der Waals surface area contributed by atoms with E-state index in [4.69, 9.17) is 14.2 Å². The first-order valence-corrected chi connectivity index (χ1v) is 11.4. The number of carbonyl (C=O) groups excluding carboxylic acids is 1. The number of anilines is 1. The van der Waals surface area contributed by atoms with Crippen LogP contribution in [0, 0.1) is 0 Å². The van der Waals surface area contributed by atoms with Crippen molar-refractivity contribution < 1.29 is 19.0 Å². The van der Waals surface area contributed by atoms with Crippen molar-refractivity contribution in [2.24, 2.45) is 0 Å². The summed E-state index contributed by atoms with van der Waals surface area (Å²) >= 11 is 1.40. The van der Waals surface area contributed by atoms with Gasteiger partial charge < -0.3 is 14.2 Å². The van der Waals surface area contributed by atoms with E-state index in [-0.39, 0.29) is 5.91 Å². The monoisotopic (exact) mass is 464 g/mol. The topological polar surface area (TPSA) is 86.7 Å². The molecule has 170 valence electrons. The number of nitrogens with zero attached hydrogens (tertiary/aromatic N) is 4. The van der Waals surface area contributed by atoms with E-state index >= 15 is 0 Å². The first kappa shape index (κ1) is 22.6. The summed E-state index contributed by atoms with van der Waals surface area (Å²) in [5.41, 5.74) is 2.54. The number of benzene rings is 2. The molecule has 1 aliphatic heterocycles. The molecular formula is C24H24N4O4S. The Morgan fingerprint density at radius 2 is 2.06 bits per heavy atom. The summed E-state index contributed by atoms with van der Waals surface area (Å²) in [5, 5.41) is 9.09. The number of carbonyl (C=O) groups is 1. The molecule has 2 heterocycles. The van der Waals surface area contributed by atoms with Gasteiger partial charge in [0.15, 0.2) is 17.2 Å². The molecule has 0 saturated heterocycles. The van der Waals surface area contributed by atoms with Gasteiger partial charge in [-0.1, -0.05) is 36.0 Å². The number of rotatable bonds is 7. The van der Waals surface area contributed by atoms with Gasteiger partial charge in [-0.3, -0.25) is 9.69 Å². The molecule has 2 aromatic carbocycles. The predicted octanol–water partition coefficient (Wildman–Crippen LogP) is 4.67. The summed E-state index contributed by atoms with van der Waals surface area (Å²) in [5.74, 6) is 1.89. The van der Waals surface area contributed by atoms with E-state index in [1.54, 1.807) is 30.2 Å². The molecule has 9 heteroatoms. The number of ether oxygens (including phenoxy) is 3. The van der Waals surface area contributed by atoms with Crippen LogP contribution in [0.25, 0.3) is 11.3 Å². The van der Waals surface area contributed by atoms with Gasteiger partial charge in [0.25, 0.3) is 0 Å². The fourth-order valence-corrected chi connectivity index (χ4v) is 4.09. The van der Waals surface area contributed by atoms with Crippen molar-refractivity contribution >= 4 is 23.4 Å². The number of aromatic nitrogens is 3. The van der Waals surface area contributed by atoms with Crippen molar-refractivity contribution in [1.29, 1.82) is 0 Å². The van der Waals surface area contributed by atoms with Crippen molar-refractivity contribution in [3.63, 3.8) is 0 Å². The number of thioether (sulfide) groups is 1. The quantitative estimate of drug-likeness (QED) is 0.368. The Kier molecular flexibility index (Phi) is 6.79. The third kappa shape index (κ3) is 4.49. The lowest BCUT2D eigenvalue weighted by atomic mass is 10.1. The van der Waals surface area contributed by atoms with Gasteiger partial charge in [0.2, 0.25) is 23.2 Å². The molecule has 0 N–H and O–H groups in total. The molecule has 0 aliphatic carbocycles. The molecule has 4 rings (SSSR count). The molecule has 1 aliphatic rings. The van der Waals surface area contributed by atoms with Crippen LogP contribution in [0.2, 0.25) is 0 Å². The lowest BCUT2D eigenvalue weighted by molar-refractivity contribution is -0.118. The third-order valence-corrected chi connectivity index (χ3v) is 5.79. The molecule has 1 atom stereocenters. The number of para-hydroxylation sites is 1. The fraction of sp³-hybridized carbons (Fsp3) is 0.250. The Morgan fingerprint density at radius 1 is 1.24 bits per heavy atom. The number of methoxy groups -OCH3 is 1. The predicted molar refractivity (Wildman–Crippen MR) is 127 cm³/mol. The molecule has 0 fully saturated rings. The first-order chi connectivity index (χ1) is 16.1. The van der Waals surface area contributed by atoms with Crippen molar-refractivity contribution in [1.82, 2.24) is 15.2 Å². The highest BCUT2D eigenvalue weighted by Crippen LogP contribution is 2.44. The van der Waals surface area contributed by atoms with Gasteiger partial charge in [0.1, 0.15) is 0 Å². The minimum absolute atomic E-state index is 0.192. The molecule has 8 nitrogen and oxygen atoms in total. The molecular weight excluding hydrogens is 440 g/mol. The standard InChI is InChI=1S/C24H24N4O4S/c1-5-13-33-24-25-22-21(26-27-24)17-9-7-8-10-18(17)28(15(3)29)23(32-22)16-11-12-19(31-6-2)20(14-16)30-4/h5,7-12,14,23H,1,6,13H2,2-4H3/t23-/m1/s1. The van der Waals surface area contributed by atoms with Gasteiger partial charge in [-0.2, -0.15) is 4.98 Å². The highest BCUT2D eigenvalue weighted by molar-refractivity contribution is 7.99. The molecule has 0 saturated carbocycles. The molecule has 0 spiro atoms. The Morgan fingerprint density at radius 3 is 2.79 bits per heavy atom. The van der Waals surface area contributed by atoms with E-state index in [1.807, 2.05) is 37.3 Å². The highest BCUT2D eigenvalue weighted by Gasteiger charge is 2.35. The van der Waals surface area contributed by atoms with Gasteiger partial charge in [-0.25, -0.2) is 0 Å². The first-order valence-electron chi connectivity index (χ1n) is 10.4. The van der Waals surface area contributed by atoms with Crippen LogP contribution in [-0.2, 0) is 4.79 Å². The normalized spacial score (nSPS) is 14.4. The molecule has 1 amide bonds. The molecule has 0 bridgehead atoms. The minimum Gasteiger partial charge on any atom is -0.493 e. The zero-order chi connectivity index (χ0) is 23.4. The second-order valence-corrected chi connectivity index (χ2v) is 8.05. The second-order valence-electron chi connectivity index (χ2n) is 7.07. The number of fused-ring (bicyclic) bond motifs is 3. The fourth-order valence-electron chi connectivity index (χ4n) is 3.58. The van der Waals surface area contributed by atoms with Crippen LogP contribution in [0.4, 0.5) is 5.69 Å². The Labute approximate surface area is 196 Å². The smallest absolute Gasteiger partial charge is 0.247 e. The average molecular weight is 465 g/mol. The molecule has 1 aromatic heterocycles. The van der Waals surface area contributed by atoms with Crippen LogP contribution in [0.1, 0.15) is 25.6 Å². The summed E-state index contributed by atoms with van der Waals surface area (Å²) in [6, 6.07) is 12.9. The molecule has 0 unspecified atom stereocenters. The maximum atomic E-state index is 12.9. The van der Waals surface area contributed by atoms with Crippen LogP contribution >= 0.6 is 11.8 Å². The van der Waals surface area contributed by atoms with Gasteiger partial charge in [-0.15, -0.1) is 16.8 Å². The Balaban J connectivity index is 1.88. The summed E-state index contributed by atoms with van der Waals surface area (Å²) in [4.78, 5) is 19.1. The Hall–Kier alpha value is -3.59. The molecule has 3 aromatic rings. The average Bonchev–Trinajstić information content (AvgIpc) is 2.97. The number of amides is 1. The van der Waals surface area contributed by atoms with Crippen molar-refractivity contribution in [2.45, 2.75) is 25.2 Å². The lowest BCUT2D eigenvalue weighted by Crippen LogP contribution is -2.36. The van der Waals surface area contributed by atoms with E-state index in [0.717, 1.165) is 0 Å². The van der Waals surface area contributed by atoms with Crippen molar-refractivity contribution in [3.05, 3.63) is 60.7 Å². The van der Waals surface area contributed by atoms with Crippen LogP contribution in [0.5, 0.6) is 17.4 Å². The maximum Gasteiger partial charge on any atom is 0.247 e. The highest BCUT2D eigenvalue weighted by atomic mass is 32.2. The van der Waals surface area contributed by atoms with Crippen molar-refractivity contribution in [3.8, 4) is 28.6 Å². The van der Waals surface area contributed by atoms with Crippen molar-refractivity contribution in [2.75, 3.05) is 24.4 Å². The maximum absolute atomic E-state index is 12.9. The zero-order valence-corrected chi connectivity index (χ0v) is 19.5. The van der Waals surface area contributed by atoms with Gasteiger partial charge >= 0.3 is 0 Å². The van der Waals surface area contributed by atoms with Gasteiger partial charge in [0.05, 0.1) is 19.4 Å². The number of hydrogen-bond acceptors (Lipinski definition) is 8. The summed E-state index contributed by atoms with van der Waals surface area (Å²) in [7, 11) is 1.57. The van der Waals surface area contributed by atoms with E-state index in [2.05, 4.69) is 21.8 Å². The molecule has 0 radical (unpaired) electrons. The van der Waals surface area contributed by atoms with E-state index in [9.17, 15) is 4.79 Å².